The van der Waals surface area contributed by atoms with Gasteiger partial charge in [-0.25, -0.2) is 0 Å². The summed E-state index contributed by atoms with van der Waals surface area (Å²) in [5, 5.41) is 16.1. The molecule has 0 radical (unpaired) electrons. The van der Waals surface area contributed by atoms with Crippen molar-refractivity contribution in [2.75, 3.05) is 26.2 Å². The molecule has 1 heterocycles. The van der Waals surface area contributed by atoms with E-state index in [4.69, 9.17) is 16.2 Å². The largest absolute Gasteiger partial charge is 0.396 e. The Morgan fingerprint density at radius 1 is 1.43 bits per heavy atom. The van der Waals surface area contributed by atoms with Crippen molar-refractivity contribution in [2.45, 2.75) is 25.7 Å². The summed E-state index contributed by atoms with van der Waals surface area (Å²) in [5.41, 5.74) is 5.28. The van der Waals surface area contributed by atoms with Crippen LogP contribution in [0, 0.1) is 11.3 Å². The van der Waals surface area contributed by atoms with E-state index in [0.29, 0.717) is 18.9 Å². The molecular weight excluding hydrogens is 178 g/mol. The molecule has 4 nitrogen and oxygen atoms in total. The topological polar surface area (TPSA) is 73.3 Å². The zero-order valence-electron chi connectivity index (χ0n) is 8.71. The van der Waals surface area contributed by atoms with Gasteiger partial charge in [0.25, 0.3) is 0 Å². The van der Waals surface area contributed by atoms with Crippen LogP contribution >= 0.6 is 0 Å². The Labute approximate surface area is 85.6 Å². The minimum Gasteiger partial charge on any atom is -0.396 e. The first-order valence-corrected chi connectivity index (χ1v) is 5.38. The van der Waals surface area contributed by atoms with Crippen molar-refractivity contribution >= 4 is 5.84 Å². The quantitative estimate of drug-likeness (QED) is 0.443. The maximum atomic E-state index is 8.96. The summed E-state index contributed by atoms with van der Waals surface area (Å²) in [4.78, 5) is 2.40. The molecule has 0 bridgehead atoms. The highest BCUT2D eigenvalue weighted by atomic mass is 16.3. The number of hydrogen-bond donors (Lipinski definition) is 3. The number of rotatable bonds is 5. The van der Waals surface area contributed by atoms with Gasteiger partial charge in [-0.3, -0.25) is 5.41 Å². The predicted octanol–water partition coefficient (Wildman–Crippen LogP) is 0.407. The third-order valence-corrected chi connectivity index (χ3v) is 2.89. The third-order valence-electron chi connectivity index (χ3n) is 2.89. The normalized spacial score (nSPS) is 19.8. The Kier molecular flexibility index (Phi) is 4.90. The summed E-state index contributed by atoms with van der Waals surface area (Å²) in [6.45, 7) is 3.55. The van der Waals surface area contributed by atoms with Gasteiger partial charge in [-0.15, -0.1) is 0 Å². The third kappa shape index (κ3) is 4.07. The van der Waals surface area contributed by atoms with Crippen LogP contribution in [0.2, 0.25) is 0 Å². The first-order chi connectivity index (χ1) is 6.72. The fraction of sp³-hybridized carbons (Fsp3) is 0.900. The van der Waals surface area contributed by atoms with Crippen molar-refractivity contribution in [1.82, 2.24) is 4.90 Å². The number of nitrogens with two attached hydrogens (primary N) is 1. The monoisotopic (exact) mass is 199 g/mol. The summed E-state index contributed by atoms with van der Waals surface area (Å²) < 4.78 is 0. The molecule has 1 fully saturated rings. The molecule has 0 aromatic rings. The Balaban J connectivity index is 2.07. The smallest absolute Gasteiger partial charge is 0.0905 e. The van der Waals surface area contributed by atoms with Crippen LogP contribution in [-0.2, 0) is 0 Å². The second-order valence-electron chi connectivity index (χ2n) is 4.10. The number of piperidine rings is 1. The fourth-order valence-corrected chi connectivity index (χ4v) is 1.89. The second-order valence-corrected chi connectivity index (χ2v) is 4.10. The fourth-order valence-electron chi connectivity index (χ4n) is 1.89. The van der Waals surface area contributed by atoms with Crippen molar-refractivity contribution in [3.05, 3.63) is 0 Å². The number of aliphatic hydroxyl groups excluding tert-OH is 1. The molecule has 1 rings (SSSR count). The summed E-state index contributed by atoms with van der Waals surface area (Å²) in [6, 6.07) is 0. The predicted molar refractivity (Wildman–Crippen MR) is 57.4 cm³/mol. The molecular formula is C10H21N3O. The molecule has 4 N–H and O–H groups in total. The molecule has 0 aromatic heterocycles. The van der Waals surface area contributed by atoms with Crippen LogP contribution in [0.5, 0.6) is 0 Å². The highest BCUT2D eigenvalue weighted by Crippen LogP contribution is 2.16. The van der Waals surface area contributed by atoms with Gasteiger partial charge in [0.1, 0.15) is 0 Å². The molecule has 0 unspecified atom stereocenters. The van der Waals surface area contributed by atoms with E-state index < -0.39 is 0 Å². The molecule has 1 aliphatic heterocycles. The molecule has 14 heavy (non-hydrogen) atoms. The van der Waals surface area contributed by atoms with Crippen molar-refractivity contribution in [3.8, 4) is 0 Å². The van der Waals surface area contributed by atoms with Crippen molar-refractivity contribution < 1.29 is 5.11 Å². The Hall–Kier alpha value is -0.610. The molecule has 0 aromatic carbocycles. The van der Waals surface area contributed by atoms with Crippen LogP contribution < -0.4 is 5.73 Å². The van der Waals surface area contributed by atoms with E-state index in [9.17, 15) is 0 Å². The minimum atomic E-state index is 0.287. The second kappa shape index (κ2) is 5.98. The lowest BCUT2D eigenvalue weighted by Gasteiger charge is -2.30. The highest BCUT2D eigenvalue weighted by molar-refractivity contribution is 5.76. The lowest BCUT2D eigenvalue weighted by Crippen LogP contribution is -2.35. The molecule has 0 amide bonds. The average molecular weight is 199 g/mol. The van der Waals surface area contributed by atoms with E-state index in [1.807, 2.05) is 0 Å². The minimum absolute atomic E-state index is 0.287. The van der Waals surface area contributed by atoms with Gasteiger partial charge in [-0.05, 0) is 44.8 Å². The summed E-state index contributed by atoms with van der Waals surface area (Å²) >= 11 is 0. The van der Waals surface area contributed by atoms with Crippen LogP contribution in [0.4, 0.5) is 0 Å². The maximum absolute atomic E-state index is 8.96. The van der Waals surface area contributed by atoms with Crippen molar-refractivity contribution in [1.29, 1.82) is 5.41 Å². The van der Waals surface area contributed by atoms with E-state index >= 15 is 0 Å². The summed E-state index contributed by atoms with van der Waals surface area (Å²) in [5.74, 6) is 0.800. The van der Waals surface area contributed by atoms with Crippen LogP contribution in [0.1, 0.15) is 25.7 Å². The Morgan fingerprint density at radius 2 is 2.07 bits per heavy atom. The van der Waals surface area contributed by atoms with Gasteiger partial charge in [-0.1, -0.05) is 0 Å². The molecule has 1 saturated heterocycles. The van der Waals surface area contributed by atoms with Crippen molar-refractivity contribution in [2.24, 2.45) is 11.7 Å². The zero-order valence-corrected chi connectivity index (χ0v) is 8.71. The van der Waals surface area contributed by atoms with Gasteiger partial charge in [0, 0.05) is 13.0 Å². The number of amidine groups is 1. The van der Waals surface area contributed by atoms with E-state index in [1.54, 1.807) is 0 Å². The number of nitrogens with one attached hydrogen (secondary N) is 1. The van der Waals surface area contributed by atoms with Gasteiger partial charge in [0.2, 0.25) is 0 Å². The molecule has 0 atom stereocenters. The number of nitrogens with zero attached hydrogens (tertiary/aromatic N) is 1. The molecule has 82 valence electrons. The van der Waals surface area contributed by atoms with E-state index in [1.165, 1.54) is 0 Å². The molecule has 0 spiro atoms. The molecule has 0 saturated carbocycles. The Bertz CT molecular complexity index is 176. The molecule has 0 aliphatic carbocycles. The lowest BCUT2D eigenvalue weighted by molar-refractivity contribution is 0.131. The standard InChI is InChI=1S/C10H21N3O/c11-10(12)2-1-5-13-6-3-9(8-14)4-7-13/h9,14H,1-8H2,(H3,11,12). The van der Waals surface area contributed by atoms with E-state index in [-0.39, 0.29) is 5.84 Å². The van der Waals surface area contributed by atoms with E-state index in [0.717, 1.165) is 38.9 Å². The van der Waals surface area contributed by atoms with Crippen LogP contribution in [-0.4, -0.2) is 42.1 Å². The van der Waals surface area contributed by atoms with E-state index in [2.05, 4.69) is 4.90 Å². The van der Waals surface area contributed by atoms with Gasteiger partial charge in [0.15, 0.2) is 0 Å². The number of hydrogen-bond acceptors (Lipinski definition) is 3. The Morgan fingerprint density at radius 3 is 2.57 bits per heavy atom. The molecule has 4 heteroatoms. The van der Waals surface area contributed by atoms with Crippen LogP contribution in [0.15, 0.2) is 0 Å². The van der Waals surface area contributed by atoms with Crippen molar-refractivity contribution in [3.63, 3.8) is 0 Å². The summed E-state index contributed by atoms with van der Waals surface area (Å²) in [6.07, 6.45) is 3.91. The van der Waals surface area contributed by atoms with Gasteiger partial charge >= 0.3 is 0 Å². The van der Waals surface area contributed by atoms with Gasteiger partial charge in [0.05, 0.1) is 5.84 Å². The van der Waals surface area contributed by atoms with Crippen LogP contribution in [0.3, 0.4) is 0 Å². The van der Waals surface area contributed by atoms with Crippen LogP contribution in [0.25, 0.3) is 0 Å². The van der Waals surface area contributed by atoms with Gasteiger partial charge < -0.3 is 15.7 Å². The number of aliphatic hydroxyl groups is 1. The first kappa shape index (κ1) is 11.5. The van der Waals surface area contributed by atoms with Gasteiger partial charge in [-0.2, -0.15) is 0 Å². The summed E-state index contributed by atoms with van der Waals surface area (Å²) in [7, 11) is 0. The first-order valence-electron chi connectivity index (χ1n) is 5.38. The average Bonchev–Trinajstić information content (AvgIpc) is 2.18. The maximum Gasteiger partial charge on any atom is 0.0905 e. The lowest BCUT2D eigenvalue weighted by atomic mass is 9.98. The highest BCUT2D eigenvalue weighted by Gasteiger charge is 2.17. The molecule has 1 aliphatic rings. The SMILES string of the molecule is N=C(N)CCCN1CCC(CO)CC1. The number of likely N-dealkylation sites (tertiary alicyclic amines) is 1. The zero-order chi connectivity index (χ0) is 10.4.